The molecule has 0 bridgehead atoms. The molecule has 7 heteroatoms. The molecule has 1 unspecified atom stereocenters. The van der Waals surface area contributed by atoms with E-state index in [0.29, 0.717) is 18.6 Å². The van der Waals surface area contributed by atoms with Gasteiger partial charge in [0.1, 0.15) is 12.4 Å². The van der Waals surface area contributed by atoms with Crippen LogP contribution in [0.5, 0.6) is 5.75 Å². The van der Waals surface area contributed by atoms with E-state index < -0.39 is 11.9 Å². The molecule has 3 aromatic rings. The summed E-state index contributed by atoms with van der Waals surface area (Å²) in [6.07, 6.45) is 1.29. The number of aryl methyl sites for hydroxylation is 2. The SMILES string of the molecule is CCC1=C(C)NNC1(C)c1ccc(OCc2c(C)cccc2Cc2ccc(C(=O)O)cc2C(=O)O)c(C)c1. The van der Waals surface area contributed by atoms with Crippen LogP contribution in [-0.2, 0) is 18.6 Å². The number of benzene rings is 3. The molecule has 3 aromatic carbocycles. The van der Waals surface area contributed by atoms with Gasteiger partial charge < -0.3 is 20.4 Å². The molecule has 0 amide bonds. The second-order valence-corrected chi connectivity index (χ2v) is 9.97. The van der Waals surface area contributed by atoms with Gasteiger partial charge >= 0.3 is 11.9 Å². The van der Waals surface area contributed by atoms with Crippen molar-refractivity contribution in [2.45, 2.75) is 59.6 Å². The molecule has 1 aliphatic heterocycles. The van der Waals surface area contributed by atoms with Crippen molar-refractivity contribution in [1.82, 2.24) is 10.9 Å². The predicted molar refractivity (Wildman–Crippen MR) is 146 cm³/mol. The number of rotatable bonds is 9. The smallest absolute Gasteiger partial charge is 0.336 e. The Labute approximate surface area is 223 Å². The first-order valence-corrected chi connectivity index (χ1v) is 12.7. The lowest BCUT2D eigenvalue weighted by molar-refractivity contribution is 0.0695. The van der Waals surface area contributed by atoms with Crippen molar-refractivity contribution in [3.63, 3.8) is 0 Å². The van der Waals surface area contributed by atoms with Gasteiger partial charge in [-0.15, -0.1) is 0 Å². The minimum Gasteiger partial charge on any atom is -0.489 e. The number of hydrogen-bond acceptors (Lipinski definition) is 5. The van der Waals surface area contributed by atoms with Crippen LogP contribution in [0.15, 0.2) is 65.9 Å². The fourth-order valence-electron chi connectivity index (χ4n) is 5.29. The molecule has 4 N–H and O–H groups in total. The highest BCUT2D eigenvalue weighted by atomic mass is 16.5. The van der Waals surface area contributed by atoms with Gasteiger partial charge in [-0.1, -0.05) is 43.3 Å². The number of carbonyl (C=O) groups is 2. The molecular weight excluding hydrogens is 480 g/mol. The highest BCUT2D eigenvalue weighted by Gasteiger charge is 2.36. The number of hydrazine groups is 1. The van der Waals surface area contributed by atoms with Crippen molar-refractivity contribution in [3.8, 4) is 5.75 Å². The summed E-state index contributed by atoms with van der Waals surface area (Å²) in [5.41, 5.74) is 14.5. The number of carboxylic acids is 2. The topological polar surface area (TPSA) is 108 Å². The van der Waals surface area contributed by atoms with E-state index in [1.807, 2.05) is 38.1 Å². The molecule has 4 rings (SSSR count). The normalized spacial score (nSPS) is 16.9. The van der Waals surface area contributed by atoms with E-state index in [-0.39, 0.29) is 16.7 Å². The third kappa shape index (κ3) is 5.15. The second kappa shape index (κ2) is 10.7. The minimum absolute atomic E-state index is 0.0102. The summed E-state index contributed by atoms with van der Waals surface area (Å²) in [7, 11) is 0. The van der Waals surface area contributed by atoms with Crippen LogP contribution < -0.4 is 15.6 Å². The van der Waals surface area contributed by atoms with Crippen LogP contribution >= 0.6 is 0 Å². The Morgan fingerprint density at radius 3 is 2.34 bits per heavy atom. The summed E-state index contributed by atoms with van der Waals surface area (Å²) in [5, 5.41) is 19.0. The van der Waals surface area contributed by atoms with Gasteiger partial charge in [-0.3, -0.25) is 0 Å². The van der Waals surface area contributed by atoms with Crippen LogP contribution in [0.1, 0.15) is 81.3 Å². The Morgan fingerprint density at radius 2 is 1.68 bits per heavy atom. The molecule has 7 nitrogen and oxygen atoms in total. The number of nitrogens with one attached hydrogen (secondary N) is 2. The van der Waals surface area contributed by atoms with Crippen molar-refractivity contribution < 1.29 is 24.5 Å². The van der Waals surface area contributed by atoms with E-state index in [0.717, 1.165) is 45.7 Å². The van der Waals surface area contributed by atoms with Crippen LogP contribution in [0.2, 0.25) is 0 Å². The van der Waals surface area contributed by atoms with E-state index in [2.05, 4.69) is 43.8 Å². The van der Waals surface area contributed by atoms with Crippen molar-refractivity contribution in [2.24, 2.45) is 0 Å². The largest absolute Gasteiger partial charge is 0.489 e. The maximum absolute atomic E-state index is 11.9. The number of aromatic carboxylic acids is 2. The van der Waals surface area contributed by atoms with Crippen molar-refractivity contribution in [3.05, 3.63) is 110 Å². The molecule has 0 saturated carbocycles. The van der Waals surface area contributed by atoms with Crippen LogP contribution in [0.3, 0.4) is 0 Å². The van der Waals surface area contributed by atoms with Gasteiger partial charge in [0.2, 0.25) is 0 Å². The fraction of sp³-hybridized carbons (Fsp3) is 0.290. The van der Waals surface area contributed by atoms with E-state index in [1.54, 1.807) is 6.07 Å². The Balaban J connectivity index is 1.58. The zero-order valence-corrected chi connectivity index (χ0v) is 22.4. The Morgan fingerprint density at radius 1 is 0.921 bits per heavy atom. The van der Waals surface area contributed by atoms with Gasteiger partial charge in [0, 0.05) is 5.70 Å². The van der Waals surface area contributed by atoms with E-state index in [9.17, 15) is 19.8 Å². The first kappa shape index (κ1) is 26.9. The van der Waals surface area contributed by atoms with Gasteiger partial charge in [0.05, 0.1) is 16.7 Å². The molecule has 0 radical (unpaired) electrons. The molecule has 1 aliphatic rings. The maximum atomic E-state index is 11.9. The summed E-state index contributed by atoms with van der Waals surface area (Å²) in [6.45, 7) is 10.8. The second-order valence-electron chi connectivity index (χ2n) is 9.97. The molecule has 0 spiro atoms. The highest BCUT2D eigenvalue weighted by molar-refractivity contribution is 5.95. The number of hydrogen-bond donors (Lipinski definition) is 4. The molecule has 198 valence electrons. The third-order valence-electron chi connectivity index (χ3n) is 7.51. The van der Waals surface area contributed by atoms with Gasteiger partial charge in [-0.25, -0.2) is 15.0 Å². The number of carboxylic acid groups (broad SMARTS) is 2. The van der Waals surface area contributed by atoms with Gasteiger partial charge in [-0.05, 0) is 97.7 Å². The third-order valence-corrected chi connectivity index (χ3v) is 7.51. The van der Waals surface area contributed by atoms with Crippen LogP contribution in [0.25, 0.3) is 0 Å². The summed E-state index contributed by atoms with van der Waals surface area (Å²) in [4.78, 5) is 23.2. The average molecular weight is 515 g/mol. The summed E-state index contributed by atoms with van der Waals surface area (Å²) in [5.74, 6) is -1.52. The van der Waals surface area contributed by atoms with Crippen molar-refractivity contribution in [1.29, 1.82) is 0 Å². The maximum Gasteiger partial charge on any atom is 0.336 e. The predicted octanol–water partition coefficient (Wildman–Crippen LogP) is 5.88. The van der Waals surface area contributed by atoms with Gasteiger partial charge in [-0.2, -0.15) is 0 Å². The molecule has 0 saturated heterocycles. The molecular formula is C31H34N2O5. The van der Waals surface area contributed by atoms with Crippen molar-refractivity contribution >= 4 is 11.9 Å². The van der Waals surface area contributed by atoms with Crippen LogP contribution in [0.4, 0.5) is 0 Å². The minimum atomic E-state index is -1.16. The fourth-order valence-corrected chi connectivity index (χ4v) is 5.29. The zero-order chi connectivity index (χ0) is 27.6. The Hall–Kier alpha value is -4.10. The van der Waals surface area contributed by atoms with Crippen LogP contribution in [-0.4, -0.2) is 22.2 Å². The molecule has 1 heterocycles. The lowest BCUT2D eigenvalue weighted by atomic mass is 9.83. The Kier molecular flexibility index (Phi) is 7.60. The summed E-state index contributed by atoms with van der Waals surface area (Å²) >= 11 is 0. The van der Waals surface area contributed by atoms with Crippen LogP contribution in [0, 0.1) is 13.8 Å². The van der Waals surface area contributed by atoms with E-state index >= 15 is 0 Å². The highest BCUT2D eigenvalue weighted by Crippen LogP contribution is 2.37. The first-order chi connectivity index (χ1) is 18.0. The standard InChI is InChI=1S/C31H34N2O5/c1-6-27-20(4)32-33-31(27,5)24-12-13-28(19(3)14-24)38-17-26-18(2)8-7-9-21(26)15-22-10-11-23(29(34)35)16-25(22)30(36)37/h7-14,16,32-33H,6,15,17H2,1-5H3,(H,34,35)(H,36,37). The first-order valence-electron chi connectivity index (χ1n) is 12.7. The van der Waals surface area contributed by atoms with Gasteiger partial charge in [0.15, 0.2) is 0 Å². The summed E-state index contributed by atoms with van der Waals surface area (Å²) in [6, 6.07) is 16.4. The molecule has 0 aliphatic carbocycles. The Bertz CT molecular complexity index is 1440. The lowest BCUT2D eigenvalue weighted by Gasteiger charge is -2.28. The van der Waals surface area contributed by atoms with E-state index in [4.69, 9.17) is 4.74 Å². The zero-order valence-electron chi connectivity index (χ0n) is 22.4. The lowest BCUT2D eigenvalue weighted by Crippen LogP contribution is -2.41. The molecule has 0 fully saturated rings. The monoisotopic (exact) mass is 514 g/mol. The quantitative estimate of drug-likeness (QED) is 0.283. The summed E-state index contributed by atoms with van der Waals surface area (Å²) < 4.78 is 6.29. The molecule has 38 heavy (non-hydrogen) atoms. The molecule has 0 aromatic heterocycles. The average Bonchev–Trinajstić information content (AvgIpc) is 3.18. The van der Waals surface area contributed by atoms with Crippen molar-refractivity contribution in [2.75, 3.05) is 0 Å². The number of ether oxygens (including phenoxy) is 1. The van der Waals surface area contributed by atoms with E-state index in [1.165, 1.54) is 17.7 Å². The molecule has 1 atom stereocenters. The number of allylic oxidation sites excluding steroid dienone is 1. The van der Waals surface area contributed by atoms with Gasteiger partial charge in [0.25, 0.3) is 0 Å².